The highest BCUT2D eigenvalue weighted by atomic mass is 79.9. The summed E-state index contributed by atoms with van der Waals surface area (Å²) in [5.41, 5.74) is 1.14. The predicted octanol–water partition coefficient (Wildman–Crippen LogP) is 3.31. The van der Waals surface area contributed by atoms with Gasteiger partial charge < -0.3 is 5.32 Å². The Kier molecular flexibility index (Phi) is 3.50. The van der Waals surface area contributed by atoms with Crippen molar-refractivity contribution < 1.29 is 0 Å². The number of nitrogens with zero attached hydrogens (tertiary/aromatic N) is 3. The lowest BCUT2D eigenvalue weighted by atomic mass is 10.3. The van der Waals surface area contributed by atoms with Gasteiger partial charge in [-0.25, -0.2) is 15.0 Å². The molecule has 84 valence electrons. The van der Waals surface area contributed by atoms with Gasteiger partial charge in [0.1, 0.15) is 12.1 Å². The lowest BCUT2D eigenvalue weighted by Gasteiger charge is -2.02. The largest absolute Gasteiger partial charge is 0.315 e. The van der Waals surface area contributed by atoms with Gasteiger partial charge in [0.25, 0.3) is 0 Å². The van der Waals surface area contributed by atoms with Crippen LogP contribution in [-0.2, 0) is 6.42 Å². The summed E-state index contributed by atoms with van der Waals surface area (Å²) in [6, 6.07) is 0. The molecule has 0 unspecified atom stereocenters. The van der Waals surface area contributed by atoms with Crippen molar-refractivity contribution in [2.45, 2.75) is 20.3 Å². The molecule has 2 aromatic rings. The maximum atomic E-state index is 4.49. The van der Waals surface area contributed by atoms with Crippen LogP contribution < -0.4 is 5.32 Å². The van der Waals surface area contributed by atoms with Gasteiger partial charge in [-0.2, -0.15) is 0 Å². The lowest BCUT2D eigenvalue weighted by molar-refractivity contribution is 1.04. The standard InChI is InChI=1S/C10H11BrN4S/c1-3-8-6(2)16-10(14-8)15-9-7(11)4-12-5-13-9/h4-5H,3H2,1-2H3,(H,12,13,14,15). The molecular weight excluding hydrogens is 288 g/mol. The molecule has 0 aliphatic heterocycles. The first-order chi connectivity index (χ1) is 7.70. The van der Waals surface area contributed by atoms with Crippen LogP contribution in [-0.4, -0.2) is 15.0 Å². The number of hydrogen-bond acceptors (Lipinski definition) is 5. The van der Waals surface area contributed by atoms with Crippen LogP contribution in [0.3, 0.4) is 0 Å². The Labute approximate surface area is 106 Å². The molecule has 1 N–H and O–H groups in total. The number of aromatic nitrogens is 3. The molecule has 0 aromatic carbocycles. The minimum absolute atomic E-state index is 0.742. The molecule has 2 heterocycles. The lowest BCUT2D eigenvalue weighted by Crippen LogP contribution is -1.95. The molecule has 0 saturated carbocycles. The molecule has 0 spiro atoms. The highest BCUT2D eigenvalue weighted by Gasteiger charge is 2.08. The van der Waals surface area contributed by atoms with E-state index >= 15 is 0 Å². The van der Waals surface area contributed by atoms with Crippen molar-refractivity contribution in [2.75, 3.05) is 5.32 Å². The maximum Gasteiger partial charge on any atom is 0.188 e. The van der Waals surface area contributed by atoms with Crippen molar-refractivity contribution in [3.05, 3.63) is 27.6 Å². The van der Waals surface area contributed by atoms with Crippen LogP contribution in [0.4, 0.5) is 10.9 Å². The summed E-state index contributed by atoms with van der Waals surface area (Å²) in [6.07, 6.45) is 4.17. The molecule has 0 radical (unpaired) electrons. The maximum absolute atomic E-state index is 4.49. The van der Waals surface area contributed by atoms with E-state index in [4.69, 9.17) is 0 Å². The minimum atomic E-state index is 0.742. The third-order valence-electron chi connectivity index (χ3n) is 2.12. The van der Waals surface area contributed by atoms with Gasteiger partial charge in [0.05, 0.1) is 10.2 Å². The van der Waals surface area contributed by atoms with E-state index in [0.29, 0.717) is 0 Å². The fourth-order valence-electron chi connectivity index (χ4n) is 1.32. The van der Waals surface area contributed by atoms with E-state index in [2.05, 4.69) is 50.0 Å². The van der Waals surface area contributed by atoms with Gasteiger partial charge in [-0.3, -0.25) is 0 Å². The Morgan fingerprint density at radius 3 is 2.94 bits per heavy atom. The number of halogens is 1. The first kappa shape index (κ1) is 11.5. The van der Waals surface area contributed by atoms with Gasteiger partial charge in [0.15, 0.2) is 5.13 Å². The van der Waals surface area contributed by atoms with Gasteiger partial charge in [-0.1, -0.05) is 6.92 Å². The van der Waals surface area contributed by atoms with E-state index in [1.165, 1.54) is 11.2 Å². The van der Waals surface area contributed by atoms with Gasteiger partial charge in [-0.15, -0.1) is 11.3 Å². The molecule has 0 saturated heterocycles. The van der Waals surface area contributed by atoms with E-state index in [0.717, 1.165) is 27.5 Å². The minimum Gasteiger partial charge on any atom is -0.315 e. The first-order valence-electron chi connectivity index (χ1n) is 4.89. The van der Waals surface area contributed by atoms with Gasteiger partial charge in [-0.05, 0) is 29.3 Å². The number of rotatable bonds is 3. The number of aryl methyl sites for hydroxylation is 2. The summed E-state index contributed by atoms with van der Waals surface area (Å²) in [5.74, 6) is 0.742. The summed E-state index contributed by atoms with van der Waals surface area (Å²) in [5, 5.41) is 4.05. The summed E-state index contributed by atoms with van der Waals surface area (Å²) in [7, 11) is 0. The van der Waals surface area contributed by atoms with Crippen molar-refractivity contribution in [1.82, 2.24) is 15.0 Å². The van der Waals surface area contributed by atoms with Crippen molar-refractivity contribution >= 4 is 38.2 Å². The molecule has 0 atom stereocenters. The predicted molar refractivity (Wildman–Crippen MR) is 69.2 cm³/mol. The van der Waals surface area contributed by atoms with Gasteiger partial charge >= 0.3 is 0 Å². The molecule has 0 aliphatic rings. The number of nitrogens with one attached hydrogen (secondary N) is 1. The zero-order chi connectivity index (χ0) is 11.5. The Morgan fingerprint density at radius 2 is 2.31 bits per heavy atom. The van der Waals surface area contributed by atoms with E-state index in [9.17, 15) is 0 Å². The Morgan fingerprint density at radius 1 is 1.50 bits per heavy atom. The molecule has 2 rings (SSSR count). The van der Waals surface area contributed by atoms with Crippen molar-refractivity contribution in [2.24, 2.45) is 0 Å². The fourth-order valence-corrected chi connectivity index (χ4v) is 2.54. The molecule has 2 aromatic heterocycles. The van der Waals surface area contributed by atoms with E-state index in [-0.39, 0.29) is 0 Å². The fraction of sp³-hybridized carbons (Fsp3) is 0.300. The second-order valence-electron chi connectivity index (χ2n) is 3.22. The van der Waals surface area contributed by atoms with Gasteiger partial charge in [0, 0.05) is 11.1 Å². The second kappa shape index (κ2) is 4.88. The quantitative estimate of drug-likeness (QED) is 0.944. The van der Waals surface area contributed by atoms with Crippen LogP contribution in [0.2, 0.25) is 0 Å². The van der Waals surface area contributed by atoms with Gasteiger partial charge in [0.2, 0.25) is 0 Å². The zero-order valence-electron chi connectivity index (χ0n) is 8.99. The summed E-state index contributed by atoms with van der Waals surface area (Å²) in [4.78, 5) is 13.8. The monoisotopic (exact) mass is 298 g/mol. The first-order valence-corrected chi connectivity index (χ1v) is 6.50. The number of anilines is 2. The summed E-state index contributed by atoms with van der Waals surface area (Å²) >= 11 is 5.02. The summed E-state index contributed by atoms with van der Waals surface area (Å²) < 4.78 is 0.834. The molecule has 0 bridgehead atoms. The van der Waals surface area contributed by atoms with Crippen molar-refractivity contribution in [3.8, 4) is 0 Å². The molecule has 0 aliphatic carbocycles. The van der Waals surface area contributed by atoms with Crippen LogP contribution >= 0.6 is 27.3 Å². The molecule has 0 fully saturated rings. The zero-order valence-corrected chi connectivity index (χ0v) is 11.4. The molecular formula is C10H11BrN4S. The van der Waals surface area contributed by atoms with Crippen LogP contribution in [0.5, 0.6) is 0 Å². The Hall–Kier alpha value is -1.01. The van der Waals surface area contributed by atoms with E-state index in [1.54, 1.807) is 17.5 Å². The highest BCUT2D eigenvalue weighted by Crippen LogP contribution is 2.27. The van der Waals surface area contributed by atoms with Crippen LogP contribution in [0.25, 0.3) is 0 Å². The Balaban J connectivity index is 2.24. The second-order valence-corrected chi connectivity index (χ2v) is 5.28. The topological polar surface area (TPSA) is 50.7 Å². The van der Waals surface area contributed by atoms with Crippen molar-refractivity contribution in [3.63, 3.8) is 0 Å². The molecule has 16 heavy (non-hydrogen) atoms. The smallest absolute Gasteiger partial charge is 0.188 e. The van der Waals surface area contributed by atoms with E-state index in [1.807, 2.05) is 0 Å². The molecule has 4 nitrogen and oxygen atoms in total. The number of hydrogen-bond donors (Lipinski definition) is 1. The molecule has 0 amide bonds. The van der Waals surface area contributed by atoms with Crippen LogP contribution in [0.1, 0.15) is 17.5 Å². The van der Waals surface area contributed by atoms with Crippen LogP contribution in [0, 0.1) is 6.92 Å². The third-order valence-corrected chi connectivity index (χ3v) is 3.63. The highest BCUT2D eigenvalue weighted by molar-refractivity contribution is 9.10. The van der Waals surface area contributed by atoms with E-state index < -0.39 is 0 Å². The Bertz CT molecular complexity index is 497. The van der Waals surface area contributed by atoms with Crippen molar-refractivity contribution in [1.29, 1.82) is 0 Å². The summed E-state index contributed by atoms with van der Waals surface area (Å²) in [6.45, 7) is 4.18. The average molecular weight is 299 g/mol. The SMILES string of the molecule is CCc1nc(Nc2ncncc2Br)sc1C. The normalized spacial score (nSPS) is 10.4. The molecule has 6 heteroatoms. The third kappa shape index (κ3) is 2.38. The number of thiazole rings is 1. The van der Waals surface area contributed by atoms with Crippen LogP contribution in [0.15, 0.2) is 17.0 Å². The average Bonchev–Trinajstić information content (AvgIpc) is 2.62.